The lowest BCUT2D eigenvalue weighted by atomic mass is 9.75. The molecule has 0 saturated carbocycles. The van der Waals surface area contributed by atoms with Crippen LogP contribution in [0.4, 0.5) is 0 Å². The van der Waals surface area contributed by atoms with Crippen molar-refractivity contribution in [3.05, 3.63) is 0 Å². The molecule has 0 bridgehead atoms. The first-order valence-corrected chi connectivity index (χ1v) is 9.26. The van der Waals surface area contributed by atoms with Gasteiger partial charge in [0.1, 0.15) is 6.61 Å². The first-order valence-electron chi connectivity index (χ1n) is 9.26. The molecule has 3 rings (SSSR count). The van der Waals surface area contributed by atoms with Crippen molar-refractivity contribution in [2.45, 2.75) is 77.4 Å². The molecule has 0 aliphatic carbocycles. The van der Waals surface area contributed by atoms with E-state index in [1.165, 1.54) is 6.92 Å². The Labute approximate surface area is 151 Å². The second-order valence-corrected chi connectivity index (χ2v) is 9.62. The molecule has 0 aromatic carbocycles. The summed E-state index contributed by atoms with van der Waals surface area (Å²) >= 11 is 0. The maximum atomic E-state index is 11.1. The maximum absolute atomic E-state index is 11.1. The zero-order chi connectivity index (χ0) is 18.5. The summed E-state index contributed by atoms with van der Waals surface area (Å²) in [6.45, 7) is 15.8. The van der Waals surface area contributed by atoms with Gasteiger partial charge in [-0.25, -0.2) is 0 Å². The first-order chi connectivity index (χ1) is 11.5. The predicted molar refractivity (Wildman–Crippen MR) is 93.2 cm³/mol. The summed E-state index contributed by atoms with van der Waals surface area (Å²) < 4.78 is 23.3. The third-order valence-electron chi connectivity index (χ3n) is 5.65. The van der Waals surface area contributed by atoms with E-state index < -0.39 is 5.79 Å². The average molecular weight is 355 g/mol. The Morgan fingerprint density at radius 1 is 1.08 bits per heavy atom. The van der Waals surface area contributed by atoms with E-state index in [4.69, 9.17) is 18.9 Å². The molecule has 1 spiro atoms. The van der Waals surface area contributed by atoms with Crippen LogP contribution >= 0.6 is 0 Å². The highest BCUT2D eigenvalue weighted by Crippen LogP contribution is 2.48. The van der Waals surface area contributed by atoms with Gasteiger partial charge in [-0.3, -0.25) is 9.69 Å². The van der Waals surface area contributed by atoms with Gasteiger partial charge in [0.25, 0.3) is 0 Å². The number of rotatable bonds is 4. The third-order valence-corrected chi connectivity index (χ3v) is 5.65. The van der Waals surface area contributed by atoms with E-state index in [1.807, 2.05) is 6.92 Å². The summed E-state index contributed by atoms with van der Waals surface area (Å²) in [6.07, 6.45) is 2.01. The Bertz CT molecular complexity index is 498. The zero-order valence-corrected chi connectivity index (χ0v) is 16.5. The van der Waals surface area contributed by atoms with Crippen molar-refractivity contribution in [3.8, 4) is 0 Å². The largest absolute Gasteiger partial charge is 0.465 e. The van der Waals surface area contributed by atoms with Crippen LogP contribution in [-0.4, -0.2) is 66.8 Å². The molecule has 3 fully saturated rings. The summed E-state index contributed by atoms with van der Waals surface area (Å²) in [7, 11) is 0. The summed E-state index contributed by atoms with van der Waals surface area (Å²) in [5.41, 5.74) is -0.376. The van der Waals surface area contributed by atoms with E-state index in [2.05, 4.69) is 32.6 Å². The molecule has 0 amide bonds. The van der Waals surface area contributed by atoms with Crippen molar-refractivity contribution >= 4 is 5.97 Å². The van der Waals surface area contributed by atoms with Gasteiger partial charge in [0.15, 0.2) is 5.79 Å². The molecule has 3 saturated heterocycles. The van der Waals surface area contributed by atoms with Gasteiger partial charge in [-0.05, 0) is 27.7 Å². The number of hydrogen-bond donors (Lipinski definition) is 0. The van der Waals surface area contributed by atoms with Gasteiger partial charge >= 0.3 is 5.97 Å². The highest BCUT2D eigenvalue weighted by atomic mass is 16.7. The summed E-state index contributed by atoms with van der Waals surface area (Å²) in [5, 5.41) is 0. The number of nitrogens with zero attached hydrogens (tertiary/aromatic N) is 1. The fourth-order valence-corrected chi connectivity index (χ4v) is 4.52. The lowest BCUT2D eigenvalue weighted by Crippen LogP contribution is -2.68. The van der Waals surface area contributed by atoms with Crippen molar-refractivity contribution in [2.24, 2.45) is 5.41 Å². The number of hydrogen-bond acceptors (Lipinski definition) is 6. The van der Waals surface area contributed by atoms with Crippen LogP contribution in [0.1, 0.15) is 54.4 Å². The van der Waals surface area contributed by atoms with Crippen LogP contribution in [0, 0.1) is 5.41 Å². The Balaban J connectivity index is 1.68. The molecule has 1 unspecified atom stereocenters. The van der Waals surface area contributed by atoms with Gasteiger partial charge in [0, 0.05) is 42.8 Å². The van der Waals surface area contributed by atoms with Crippen LogP contribution in [-0.2, 0) is 23.7 Å². The second-order valence-electron chi connectivity index (χ2n) is 9.62. The zero-order valence-electron chi connectivity index (χ0n) is 16.5. The van der Waals surface area contributed by atoms with Crippen LogP contribution < -0.4 is 0 Å². The number of epoxide rings is 1. The topological polar surface area (TPSA) is 60.5 Å². The van der Waals surface area contributed by atoms with Crippen LogP contribution in [0.2, 0.25) is 0 Å². The number of carbonyl (C=O) groups excluding carboxylic acids is 1. The molecule has 0 N–H and O–H groups in total. The van der Waals surface area contributed by atoms with Crippen molar-refractivity contribution < 1.29 is 23.7 Å². The SMILES string of the molecule is CC(=O)OCC1(C)COC2(CC(C)(C)N(CC3CO3)C(C)(C)C2)OC1. The fraction of sp³-hybridized carbons (Fsp3) is 0.947. The molecule has 1 atom stereocenters. The molecule has 3 heterocycles. The molecule has 6 nitrogen and oxygen atoms in total. The third kappa shape index (κ3) is 4.18. The van der Waals surface area contributed by atoms with Crippen molar-refractivity contribution in [2.75, 3.05) is 33.0 Å². The van der Waals surface area contributed by atoms with E-state index in [9.17, 15) is 4.79 Å². The summed E-state index contributed by atoms with van der Waals surface area (Å²) in [6, 6.07) is 0. The molecule has 144 valence electrons. The van der Waals surface area contributed by atoms with E-state index in [0.717, 1.165) is 26.0 Å². The molecule has 3 aliphatic heterocycles. The Morgan fingerprint density at radius 3 is 2.04 bits per heavy atom. The van der Waals surface area contributed by atoms with Crippen LogP contribution in [0.3, 0.4) is 0 Å². The van der Waals surface area contributed by atoms with E-state index in [-0.39, 0.29) is 22.5 Å². The van der Waals surface area contributed by atoms with Crippen molar-refractivity contribution in [1.82, 2.24) is 4.90 Å². The molecule has 0 radical (unpaired) electrons. The molecular weight excluding hydrogens is 322 g/mol. The normalized spacial score (nSPS) is 32.3. The minimum absolute atomic E-state index is 0.0443. The number of carbonyl (C=O) groups is 1. The monoisotopic (exact) mass is 355 g/mol. The lowest BCUT2D eigenvalue weighted by molar-refractivity contribution is -0.343. The minimum atomic E-state index is -0.566. The molecular formula is C19H33NO5. The smallest absolute Gasteiger partial charge is 0.302 e. The minimum Gasteiger partial charge on any atom is -0.465 e. The summed E-state index contributed by atoms with van der Waals surface area (Å²) in [5.74, 6) is -0.830. The van der Waals surface area contributed by atoms with E-state index in [0.29, 0.717) is 25.9 Å². The van der Waals surface area contributed by atoms with Crippen LogP contribution in [0.25, 0.3) is 0 Å². The Kier molecular flexibility index (Phi) is 4.72. The van der Waals surface area contributed by atoms with Crippen molar-refractivity contribution in [3.63, 3.8) is 0 Å². The predicted octanol–water partition coefficient (Wildman–Crippen LogP) is 2.35. The number of ether oxygens (including phenoxy) is 4. The highest BCUT2D eigenvalue weighted by molar-refractivity contribution is 5.65. The van der Waals surface area contributed by atoms with E-state index in [1.54, 1.807) is 0 Å². The van der Waals surface area contributed by atoms with Crippen LogP contribution in [0.15, 0.2) is 0 Å². The number of piperidine rings is 1. The Hall–Kier alpha value is -0.690. The van der Waals surface area contributed by atoms with Gasteiger partial charge in [-0.1, -0.05) is 6.92 Å². The van der Waals surface area contributed by atoms with Gasteiger partial charge in [0.2, 0.25) is 0 Å². The van der Waals surface area contributed by atoms with Gasteiger partial charge in [0.05, 0.1) is 25.9 Å². The van der Waals surface area contributed by atoms with Crippen LogP contribution in [0.5, 0.6) is 0 Å². The van der Waals surface area contributed by atoms with Gasteiger partial charge < -0.3 is 18.9 Å². The lowest BCUT2D eigenvalue weighted by Gasteiger charge is -2.60. The standard InChI is InChI=1S/C19H33NO5/c1-14(21)23-11-18(6)12-24-19(25-13-18)9-16(2,3)20(7-15-8-22-15)17(4,5)10-19/h15H,7-13H2,1-6H3. The van der Waals surface area contributed by atoms with Crippen molar-refractivity contribution in [1.29, 1.82) is 0 Å². The molecule has 25 heavy (non-hydrogen) atoms. The molecule has 3 aliphatic rings. The van der Waals surface area contributed by atoms with Gasteiger partial charge in [-0.15, -0.1) is 0 Å². The Morgan fingerprint density at radius 2 is 1.60 bits per heavy atom. The number of esters is 1. The van der Waals surface area contributed by atoms with Gasteiger partial charge in [-0.2, -0.15) is 0 Å². The summed E-state index contributed by atoms with van der Waals surface area (Å²) in [4.78, 5) is 13.6. The highest BCUT2D eigenvalue weighted by Gasteiger charge is 2.57. The van der Waals surface area contributed by atoms with E-state index >= 15 is 0 Å². The second kappa shape index (κ2) is 6.19. The number of likely N-dealkylation sites (tertiary alicyclic amines) is 1. The molecule has 0 aromatic heterocycles. The molecule has 0 aromatic rings. The maximum Gasteiger partial charge on any atom is 0.302 e. The quantitative estimate of drug-likeness (QED) is 0.570. The first kappa shape index (κ1) is 19.1. The average Bonchev–Trinajstić information content (AvgIpc) is 3.28. The molecule has 6 heteroatoms. The fourth-order valence-electron chi connectivity index (χ4n) is 4.52.